The second-order valence-corrected chi connectivity index (χ2v) is 9.49. The summed E-state index contributed by atoms with van der Waals surface area (Å²) < 4.78 is 28.6. The zero-order valence-electron chi connectivity index (χ0n) is 19.4. The predicted molar refractivity (Wildman–Crippen MR) is 137 cm³/mol. The van der Waals surface area contributed by atoms with Crippen LogP contribution in [-0.2, 0) is 19.4 Å². The number of aryl methyl sites for hydroxylation is 1. The van der Waals surface area contributed by atoms with Gasteiger partial charge in [-0.25, -0.2) is 8.78 Å². The number of hydrogen-bond donors (Lipinski definition) is 3. The number of nitrogens with one attached hydrogen (secondary N) is 2. The van der Waals surface area contributed by atoms with Crippen molar-refractivity contribution in [2.75, 3.05) is 6.54 Å². The Hall–Kier alpha value is -3.13. The van der Waals surface area contributed by atoms with E-state index in [1.165, 1.54) is 29.0 Å². The normalized spacial score (nSPS) is 13.0. The minimum atomic E-state index is -0.982. The van der Waals surface area contributed by atoms with Crippen molar-refractivity contribution in [3.8, 4) is 0 Å². The zero-order valence-corrected chi connectivity index (χ0v) is 20.2. The maximum atomic E-state index is 13.8. The van der Waals surface area contributed by atoms with Crippen molar-refractivity contribution in [3.05, 3.63) is 106 Å². The van der Waals surface area contributed by atoms with Crippen LogP contribution in [0.25, 0.3) is 10.1 Å². The Morgan fingerprint density at radius 3 is 2.49 bits per heavy atom. The van der Waals surface area contributed by atoms with E-state index in [1.54, 1.807) is 5.38 Å². The van der Waals surface area contributed by atoms with E-state index in [2.05, 4.69) is 29.7 Å². The molecule has 2 atom stereocenters. The standard InChI is InChI=1S/C28H28F2N2O2S/c1-2-18-6-5-7-19(10-18)15-31-16-26(33)25(13-20-11-21(29)14-22(30)12-20)32-28(34)24-17-35-27-9-4-3-8-23(24)27/h3-12,14,17,25-26,31,33H,2,13,15-16H2,1H3,(H,32,34)/t25-,26-/m0/s1. The highest BCUT2D eigenvalue weighted by atomic mass is 32.1. The lowest BCUT2D eigenvalue weighted by atomic mass is 10.00. The number of aliphatic hydroxyl groups is 1. The van der Waals surface area contributed by atoms with Gasteiger partial charge in [0.15, 0.2) is 0 Å². The first-order valence-corrected chi connectivity index (χ1v) is 12.5. The molecule has 7 heteroatoms. The summed E-state index contributed by atoms with van der Waals surface area (Å²) >= 11 is 1.47. The highest BCUT2D eigenvalue weighted by Crippen LogP contribution is 2.25. The largest absolute Gasteiger partial charge is 0.390 e. The van der Waals surface area contributed by atoms with E-state index in [1.807, 2.05) is 36.4 Å². The second kappa shape index (κ2) is 11.5. The summed E-state index contributed by atoms with van der Waals surface area (Å²) in [6.07, 6.45) is 0.0346. The van der Waals surface area contributed by atoms with Crippen molar-refractivity contribution in [1.29, 1.82) is 0 Å². The van der Waals surface area contributed by atoms with Crippen molar-refractivity contribution in [1.82, 2.24) is 10.6 Å². The first-order valence-electron chi connectivity index (χ1n) is 11.6. The van der Waals surface area contributed by atoms with Crippen molar-refractivity contribution in [3.63, 3.8) is 0 Å². The lowest BCUT2D eigenvalue weighted by Gasteiger charge is -2.25. The van der Waals surface area contributed by atoms with Gasteiger partial charge in [-0.15, -0.1) is 11.3 Å². The molecule has 0 aliphatic heterocycles. The third kappa shape index (κ3) is 6.51. The van der Waals surface area contributed by atoms with Crippen LogP contribution in [-0.4, -0.2) is 29.7 Å². The highest BCUT2D eigenvalue weighted by molar-refractivity contribution is 7.17. The van der Waals surface area contributed by atoms with E-state index in [0.29, 0.717) is 17.7 Å². The van der Waals surface area contributed by atoms with Crippen molar-refractivity contribution in [2.24, 2.45) is 0 Å². The molecule has 0 unspecified atom stereocenters. The Kier molecular flexibility index (Phi) is 8.23. The van der Waals surface area contributed by atoms with Crippen LogP contribution in [0.3, 0.4) is 0 Å². The third-order valence-electron chi connectivity index (χ3n) is 5.97. The average Bonchev–Trinajstić information content (AvgIpc) is 3.27. The molecule has 0 saturated heterocycles. The molecule has 3 N–H and O–H groups in total. The monoisotopic (exact) mass is 494 g/mol. The fourth-order valence-corrected chi connectivity index (χ4v) is 5.07. The second-order valence-electron chi connectivity index (χ2n) is 8.58. The number of carbonyl (C=O) groups excluding carboxylic acids is 1. The van der Waals surface area contributed by atoms with Crippen molar-refractivity contribution < 1.29 is 18.7 Å². The van der Waals surface area contributed by atoms with Crippen LogP contribution < -0.4 is 10.6 Å². The molecule has 0 aliphatic rings. The molecule has 35 heavy (non-hydrogen) atoms. The molecule has 0 aliphatic carbocycles. The third-order valence-corrected chi connectivity index (χ3v) is 6.93. The van der Waals surface area contributed by atoms with Crippen LogP contribution in [0.2, 0.25) is 0 Å². The topological polar surface area (TPSA) is 61.4 Å². The van der Waals surface area contributed by atoms with Crippen molar-refractivity contribution in [2.45, 2.75) is 38.5 Å². The summed E-state index contributed by atoms with van der Waals surface area (Å²) in [6.45, 7) is 2.84. The fraction of sp³-hybridized carbons (Fsp3) is 0.250. The number of amides is 1. The number of hydrogen-bond acceptors (Lipinski definition) is 4. The predicted octanol–water partition coefficient (Wildman–Crippen LogP) is 5.23. The van der Waals surface area contributed by atoms with Gasteiger partial charge in [-0.05, 0) is 47.7 Å². The van der Waals surface area contributed by atoms with Gasteiger partial charge in [0.05, 0.1) is 17.7 Å². The molecule has 4 nitrogen and oxygen atoms in total. The summed E-state index contributed by atoms with van der Waals surface area (Å²) in [5, 5.41) is 19.7. The molecular formula is C28H28F2N2O2S. The van der Waals surface area contributed by atoms with Crippen LogP contribution >= 0.6 is 11.3 Å². The average molecular weight is 495 g/mol. The summed E-state index contributed by atoms with van der Waals surface area (Å²) in [6, 6.07) is 18.3. The van der Waals surface area contributed by atoms with Gasteiger partial charge >= 0.3 is 0 Å². The molecule has 0 bridgehead atoms. The Morgan fingerprint density at radius 2 is 1.71 bits per heavy atom. The number of thiophene rings is 1. The van der Waals surface area contributed by atoms with Gasteiger partial charge in [-0.1, -0.05) is 49.4 Å². The summed E-state index contributed by atoms with van der Waals surface area (Å²) in [5.74, 6) is -1.73. The van der Waals surface area contributed by atoms with E-state index >= 15 is 0 Å². The zero-order chi connectivity index (χ0) is 24.8. The van der Waals surface area contributed by atoms with Crippen LogP contribution in [0.4, 0.5) is 8.78 Å². The van der Waals surface area contributed by atoms with Gasteiger partial charge in [0.2, 0.25) is 0 Å². The minimum absolute atomic E-state index is 0.0800. The molecule has 0 fully saturated rings. The lowest BCUT2D eigenvalue weighted by Crippen LogP contribution is -2.48. The number of benzene rings is 3. The molecule has 1 heterocycles. The molecule has 4 rings (SSSR count). The van der Waals surface area contributed by atoms with Gasteiger partial charge in [0.25, 0.3) is 5.91 Å². The van der Waals surface area contributed by atoms with Gasteiger partial charge in [-0.2, -0.15) is 0 Å². The number of fused-ring (bicyclic) bond motifs is 1. The first kappa shape index (κ1) is 25.0. The first-order chi connectivity index (χ1) is 16.9. The Bertz CT molecular complexity index is 1290. The molecule has 1 aromatic heterocycles. The van der Waals surface area contributed by atoms with E-state index < -0.39 is 23.8 Å². The van der Waals surface area contributed by atoms with Crippen molar-refractivity contribution >= 4 is 27.3 Å². The summed E-state index contributed by atoms with van der Waals surface area (Å²) in [7, 11) is 0. The molecule has 3 aromatic carbocycles. The van der Waals surface area contributed by atoms with Gasteiger partial charge < -0.3 is 15.7 Å². The number of carbonyl (C=O) groups is 1. The van der Waals surface area contributed by atoms with E-state index in [9.17, 15) is 18.7 Å². The van der Waals surface area contributed by atoms with E-state index in [4.69, 9.17) is 0 Å². The lowest BCUT2D eigenvalue weighted by molar-refractivity contribution is 0.0831. The molecule has 0 radical (unpaired) electrons. The molecule has 182 valence electrons. The highest BCUT2D eigenvalue weighted by Gasteiger charge is 2.24. The molecule has 4 aromatic rings. The maximum absolute atomic E-state index is 13.8. The van der Waals surface area contributed by atoms with Crippen LogP contribution in [0.5, 0.6) is 0 Å². The van der Waals surface area contributed by atoms with Gasteiger partial charge in [-0.3, -0.25) is 4.79 Å². The maximum Gasteiger partial charge on any atom is 0.253 e. The molecule has 0 spiro atoms. The quantitative estimate of drug-likeness (QED) is 0.283. The number of aliphatic hydroxyl groups excluding tert-OH is 1. The Labute approximate surface area is 207 Å². The number of halogens is 2. The van der Waals surface area contributed by atoms with E-state index in [0.717, 1.165) is 28.1 Å². The molecule has 0 saturated carbocycles. The van der Waals surface area contributed by atoms with Gasteiger partial charge in [0.1, 0.15) is 11.6 Å². The Balaban J connectivity index is 1.49. The van der Waals surface area contributed by atoms with E-state index in [-0.39, 0.29) is 18.9 Å². The minimum Gasteiger partial charge on any atom is -0.390 e. The van der Waals surface area contributed by atoms with Crippen LogP contribution in [0, 0.1) is 11.6 Å². The SMILES string of the molecule is CCc1cccc(CNC[C@H](O)[C@H](Cc2cc(F)cc(F)c2)NC(=O)c2csc3ccccc23)c1. The summed E-state index contributed by atoms with van der Waals surface area (Å²) in [4.78, 5) is 13.1. The fourth-order valence-electron chi connectivity index (χ4n) is 4.13. The molecule has 1 amide bonds. The number of rotatable bonds is 10. The Morgan fingerprint density at radius 1 is 0.971 bits per heavy atom. The van der Waals surface area contributed by atoms with Crippen LogP contribution in [0.15, 0.2) is 72.1 Å². The van der Waals surface area contributed by atoms with Crippen LogP contribution in [0.1, 0.15) is 34.0 Å². The molecular weight excluding hydrogens is 466 g/mol. The summed E-state index contributed by atoms with van der Waals surface area (Å²) in [5.41, 5.74) is 3.19. The smallest absolute Gasteiger partial charge is 0.253 e. The van der Waals surface area contributed by atoms with Gasteiger partial charge in [0, 0.05) is 34.6 Å².